The number of thiazole rings is 1. The summed E-state index contributed by atoms with van der Waals surface area (Å²) in [7, 11) is 0. The quantitative estimate of drug-likeness (QED) is 0.824. The van der Waals surface area contributed by atoms with Crippen LogP contribution in [-0.2, 0) is 0 Å². The zero-order valence-electron chi connectivity index (χ0n) is 11.2. The van der Waals surface area contributed by atoms with E-state index in [0.29, 0.717) is 11.3 Å². The molecule has 1 N–H and O–H groups in total. The first-order chi connectivity index (χ1) is 9.24. The van der Waals surface area contributed by atoms with Crippen molar-refractivity contribution in [1.29, 1.82) is 0 Å². The van der Waals surface area contributed by atoms with E-state index in [1.807, 2.05) is 12.3 Å². The van der Waals surface area contributed by atoms with Crippen molar-refractivity contribution in [1.82, 2.24) is 4.98 Å². The molecule has 20 heavy (non-hydrogen) atoms. The third kappa shape index (κ3) is 4.94. The minimum Gasteiger partial charge on any atom is -0.388 e. The van der Waals surface area contributed by atoms with Crippen LogP contribution in [-0.4, -0.2) is 22.4 Å². The van der Waals surface area contributed by atoms with E-state index in [1.165, 1.54) is 11.3 Å². The lowest BCUT2D eigenvalue weighted by Crippen LogP contribution is -2.12. The summed E-state index contributed by atoms with van der Waals surface area (Å²) in [4.78, 5) is 4.20. The van der Waals surface area contributed by atoms with E-state index in [9.17, 15) is 18.3 Å². The molecule has 1 aromatic rings. The molecule has 2 nitrogen and oxygen atoms in total. The zero-order chi connectivity index (χ0) is 15.3. The van der Waals surface area contributed by atoms with Gasteiger partial charge < -0.3 is 5.11 Å². The predicted molar refractivity (Wildman–Crippen MR) is 75.5 cm³/mol. The fraction of sp³-hybridized carbons (Fsp3) is 0.357. The number of hydrogen-bond donors (Lipinski definition) is 1. The highest BCUT2D eigenvalue weighted by Gasteiger charge is 2.31. The molecule has 0 aliphatic carbocycles. The van der Waals surface area contributed by atoms with E-state index in [2.05, 4.69) is 11.6 Å². The summed E-state index contributed by atoms with van der Waals surface area (Å²) in [5.74, 6) is 0. The van der Waals surface area contributed by atoms with Crippen molar-refractivity contribution < 1.29 is 18.3 Å². The molecule has 0 saturated carbocycles. The van der Waals surface area contributed by atoms with E-state index < -0.39 is 17.9 Å². The molecule has 6 heteroatoms. The molecule has 1 atom stereocenters. The topological polar surface area (TPSA) is 33.1 Å². The maximum Gasteiger partial charge on any atom is 0.416 e. The number of aliphatic hydroxyl groups is 1. The number of nitrogens with zero attached hydrogens (tertiary/aromatic N) is 1. The summed E-state index contributed by atoms with van der Waals surface area (Å²) < 4.78 is 37.4. The summed E-state index contributed by atoms with van der Waals surface area (Å²) in [6, 6.07) is 0. The van der Waals surface area contributed by atoms with Gasteiger partial charge in [0.2, 0.25) is 0 Å². The predicted octanol–water partition coefficient (Wildman–Crippen LogP) is 4.28. The van der Waals surface area contributed by atoms with Crippen molar-refractivity contribution >= 4 is 17.4 Å². The maximum absolute atomic E-state index is 12.5. The molecule has 0 bridgehead atoms. The number of aliphatic hydroxyl groups excluding tert-OH is 1. The number of aromatic nitrogens is 1. The second-order valence-corrected chi connectivity index (χ2v) is 5.35. The van der Waals surface area contributed by atoms with E-state index in [4.69, 9.17) is 0 Å². The Morgan fingerprint density at radius 2 is 2.20 bits per heavy atom. The highest BCUT2D eigenvalue weighted by Crippen LogP contribution is 2.27. The number of halogens is 3. The molecule has 0 saturated heterocycles. The molecule has 1 rings (SSSR count). The van der Waals surface area contributed by atoms with Crippen LogP contribution in [0.1, 0.15) is 24.0 Å². The summed E-state index contributed by atoms with van der Waals surface area (Å²) in [5.41, 5.74) is 0.429. The van der Waals surface area contributed by atoms with Gasteiger partial charge in [-0.3, -0.25) is 0 Å². The largest absolute Gasteiger partial charge is 0.416 e. The minimum atomic E-state index is -4.44. The van der Waals surface area contributed by atoms with Gasteiger partial charge in [-0.05, 0) is 31.9 Å². The zero-order valence-corrected chi connectivity index (χ0v) is 12.1. The number of allylic oxidation sites excluding steroid dienone is 2. The Hall–Kier alpha value is -1.40. The molecule has 1 heterocycles. The molecule has 0 fully saturated rings. The summed E-state index contributed by atoms with van der Waals surface area (Å²) >= 11 is 1.47. The van der Waals surface area contributed by atoms with Crippen LogP contribution in [0.3, 0.4) is 0 Å². The smallest absolute Gasteiger partial charge is 0.388 e. The molecular weight excluding hydrogens is 287 g/mol. The van der Waals surface area contributed by atoms with E-state index in [1.54, 1.807) is 13.0 Å². The van der Waals surface area contributed by atoms with Crippen molar-refractivity contribution in [3.8, 4) is 0 Å². The van der Waals surface area contributed by atoms with Gasteiger partial charge in [0.15, 0.2) is 0 Å². The molecule has 1 aromatic heterocycles. The molecule has 110 valence electrons. The van der Waals surface area contributed by atoms with Crippen LogP contribution in [0.5, 0.6) is 0 Å². The lowest BCUT2D eigenvalue weighted by Gasteiger charge is -2.11. The third-order valence-corrected chi connectivity index (χ3v) is 3.44. The van der Waals surface area contributed by atoms with E-state index >= 15 is 0 Å². The Kier molecular flexibility index (Phi) is 5.71. The average Bonchev–Trinajstić information content (AvgIpc) is 2.73. The first-order valence-corrected chi connectivity index (χ1v) is 6.80. The van der Waals surface area contributed by atoms with Gasteiger partial charge in [-0.15, -0.1) is 11.3 Å². The molecule has 0 aliphatic rings. The summed E-state index contributed by atoms with van der Waals surface area (Å²) in [5, 5.41) is 12.6. The normalized spacial score (nSPS) is 15.3. The average molecular weight is 303 g/mol. The SMILES string of the molecule is C=C/C(=C/CC(O)/C(C)=C/c1csc(C)n1)C(F)(F)F. The number of rotatable bonds is 5. The molecule has 0 spiro atoms. The Balaban J connectivity index is 2.75. The monoisotopic (exact) mass is 303 g/mol. The van der Waals surface area contributed by atoms with Crippen LogP contribution < -0.4 is 0 Å². The van der Waals surface area contributed by atoms with Gasteiger partial charge in [-0.25, -0.2) is 4.98 Å². The summed E-state index contributed by atoms with van der Waals surface area (Å²) in [6.07, 6.45) is -2.17. The first-order valence-electron chi connectivity index (χ1n) is 5.92. The fourth-order valence-corrected chi connectivity index (χ4v) is 2.09. The molecule has 0 amide bonds. The van der Waals surface area contributed by atoms with Gasteiger partial charge in [0.1, 0.15) is 0 Å². The van der Waals surface area contributed by atoms with Gasteiger partial charge in [0, 0.05) is 5.38 Å². The van der Waals surface area contributed by atoms with Crippen molar-refractivity contribution in [2.45, 2.75) is 32.5 Å². The van der Waals surface area contributed by atoms with E-state index in [-0.39, 0.29) is 6.42 Å². The van der Waals surface area contributed by atoms with Crippen LogP contribution in [0.2, 0.25) is 0 Å². The van der Waals surface area contributed by atoms with Crippen LogP contribution in [0.4, 0.5) is 13.2 Å². The van der Waals surface area contributed by atoms with E-state index in [0.717, 1.165) is 17.2 Å². The minimum absolute atomic E-state index is 0.119. The van der Waals surface area contributed by atoms with Crippen LogP contribution in [0.15, 0.2) is 35.3 Å². The standard InChI is InChI=1S/C14H16F3NOS/c1-4-11(14(15,16)17)5-6-13(19)9(2)7-12-8-20-10(3)18-12/h4-5,7-8,13,19H,1,6H2,2-3H3/b9-7+,11-5-. The number of alkyl halides is 3. The number of aryl methyl sites for hydroxylation is 1. The molecule has 0 aromatic carbocycles. The van der Waals surface area contributed by atoms with Crippen molar-refractivity contribution in [3.63, 3.8) is 0 Å². The van der Waals surface area contributed by atoms with Crippen LogP contribution >= 0.6 is 11.3 Å². The lowest BCUT2D eigenvalue weighted by atomic mass is 10.1. The van der Waals surface area contributed by atoms with Crippen molar-refractivity contribution in [2.75, 3.05) is 0 Å². The van der Waals surface area contributed by atoms with Gasteiger partial charge in [-0.2, -0.15) is 13.2 Å². The van der Waals surface area contributed by atoms with Crippen molar-refractivity contribution in [2.24, 2.45) is 0 Å². The third-order valence-electron chi connectivity index (χ3n) is 2.65. The van der Waals surface area contributed by atoms with Gasteiger partial charge in [0.05, 0.1) is 22.4 Å². The molecule has 0 aliphatic heterocycles. The number of hydrogen-bond acceptors (Lipinski definition) is 3. The first kappa shape index (κ1) is 16.7. The fourth-order valence-electron chi connectivity index (χ4n) is 1.52. The Morgan fingerprint density at radius 3 is 2.65 bits per heavy atom. The Bertz CT molecular complexity index is 529. The van der Waals surface area contributed by atoms with Crippen molar-refractivity contribution in [3.05, 3.63) is 46.0 Å². The molecule has 1 unspecified atom stereocenters. The molecule has 0 radical (unpaired) electrons. The second kappa shape index (κ2) is 6.85. The van der Waals surface area contributed by atoms with Gasteiger partial charge in [0.25, 0.3) is 0 Å². The molecular formula is C14H16F3NOS. The van der Waals surface area contributed by atoms with Crippen LogP contribution in [0, 0.1) is 6.92 Å². The lowest BCUT2D eigenvalue weighted by molar-refractivity contribution is -0.0884. The summed E-state index contributed by atoms with van der Waals surface area (Å²) in [6.45, 7) is 6.65. The van der Waals surface area contributed by atoms with Gasteiger partial charge >= 0.3 is 6.18 Å². The van der Waals surface area contributed by atoms with Crippen LogP contribution in [0.25, 0.3) is 6.08 Å². The maximum atomic E-state index is 12.5. The Morgan fingerprint density at radius 1 is 1.55 bits per heavy atom. The highest BCUT2D eigenvalue weighted by molar-refractivity contribution is 7.09. The Labute approximate surface area is 120 Å². The second-order valence-electron chi connectivity index (χ2n) is 4.29. The highest BCUT2D eigenvalue weighted by atomic mass is 32.1. The van der Waals surface area contributed by atoms with Gasteiger partial charge in [-0.1, -0.05) is 18.7 Å².